The minimum Gasteiger partial charge on any atom is -0.387 e. The van der Waals surface area contributed by atoms with Crippen molar-refractivity contribution in [2.45, 2.75) is 31.9 Å². The van der Waals surface area contributed by atoms with E-state index in [1.807, 2.05) is 12.1 Å². The highest BCUT2D eigenvalue weighted by atomic mass is 16.5. The van der Waals surface area contributed by atoms with E-state index < -0.39 is 6.10 Å². The lowest BCUT2D eigenvalue weighted by Crippen LogP contribution is -2.38. The average Bonchev–Trinajstić information content (AvgIpc) is 2.39. The lowest BCUT2D eigenvalue weighted by atomic mass is 10.0. The Labute approximate surface area is 109 Å². The zero-order chi connectivity index (χ0) is 13.0. The van der Waals surface area contributed by atoms with Gasteiger partial charge in [0.15, 0.2) is 0 Å². The van der Waals surface area contributed by atoms with Crippen LogP contribution in [0.5, 0.6) is 0 Å². The van der Waals surface area contributed by atoms with Crippen molar-refractivity contribution in [2.24, 2.45) is 0 Å². The molecule has 3 heteroatoms. The third-order valence-electron chi connectivity index (χ3n) is 3.70. The number of aliphatic hydroxyl groups excluding tert-OH is 1. The third-order valence-corrected chi connectivity index (χ3v) is 3.70. The van der Waals surface area contributed by atoms with Crippen LogP contribution in [0.3, 0.4) is 0 Å². The molecule has 1 fully saturated rings. The van der Waals surface area contributed by atoms with Crippen molar-refractivity contribution in [1.82, 2.24) is 4.90 Å². The van der Waals surface area contributed by atoms with Crippen molar-refractivity contribution in [1.29, 1.82) is 0 Å². The molecule has 1 heterocycles. The van der Waals surface area contributed by atoms with Gasteiger partial charge in [-0.1, -0.05) is 29.8 Å². The fourth-order valence-electron chi connectivity index (χ4n) is 2.53. The molecule has 100 valence electrons. The van der Waals surface area contributed by atoms with E-state index in [1.165, 1.54) is 5.56 Å². The number of nitrogens with zero attached hydrogens (tertiary/aromatic N) is 1. The van der Waals surface area contributed by atoms with Crippen molar-refractivity contribution in [3.63, 3.8) is 0 Å². The van der Waals surface area contributed by atoms with Gasteiger partial charge < -0.3 is 14.7 Å². The molecule has 1 aromatic rings. The molecule has 1 atom stereocenters. The molecule has 0 amide bonds. The molecule has 3 nitrogen and oxygen atoms in total. The second-order valence-corrected chi connectivity index (χ2v) is 5.21. The quantitative estimate of drug-likeness (QED) is 0.887. The topological polar surface area (TPSA) is 32.7 Å². The molecular weight excluding hydrogens is 226 g/mol. The predicted molar refractivity (Wildman–Crippen MR) is 72.6 cm³/mol. The first kappa shape index (κ1) is 13.5. The Bertz CT molecular complexity index is 375. The van der Waals surface area contributed by atoms with Crippen molar-refractivity contribution in [3.05, 3.63) is 35.4 Å². The summed E-state index contributed by atoms with van der Waals surface area (Å²) < 4.78 is 5.37. The van der Waals surface area contributed by atoms with Crippen LogP contribution in [0.1, 0.15) is 30.1 Å². The monoisotopic (exact) mass is 249 g/mol. The first-order valence-corrected chi connectivity index (χ1v) is 6.69. The highest BCUT2D eigenvalue weighted by Gasteiger charge is 2.20. The summed E-state index contributed by atoms with van der Waals surface area (Å²) in [5.41, 5.74) is 2.20. The van der Waals surface area contributed by atoms with Crippen LogP contribution in [-0.4, -0.2) is 42.9 Å². The summed E-state index contributed by atoms with van der Waals surface area (Å²) in [6.45, 7) is 4.43. The number of ether oxygens (including phenoxy) is 1. The van der Waals surface area contributed by atoms with Crippen molar-refractivity contribution >= 4 is 0 Å². The fraction of sp³-hybridized carbons (Fsp3) is 0.600. The van der Waals surface area contributed by atoms with E-state index in [4.69, 9.17) is 4.74 Å². The smallest absolute Gasteiger partial charge is 0.0917 e. The maximum Gasteiger partial charge on any atom is 0.0917 e. The van der Waals surface area contributed by atoms with Crippen LogP contribution < -0.4 is 0 Å². The lowest BCUT2D eigenvalue weighted by molar-refractivity contribution is 0.0253. The Morgan fingerprint density at radius 3 is 2.78 bits per heavy atom. The second kappa shape index (κ2) is 6.32. The number of benzene rings is 1. The Morgan fingerprint density at radius 2 is 2.11 bits per heavy atom. The summed E-state index contributed by atoms with van der Waals surface area (Å²) in [6, 6.07) is 8.65. The first-order valence-electron chi connectivity index (χ1n) is 6.69. The molecule has 1 aromatic carbocycles. The average molecular weight is 249 g/mol. The van der Waals surface area contributed by atoms with Crippen molar-refractivity contribution < 1.29 is 9.84 Å². The fourth-order valence-corrected chi connectivity index (χ4v) is 2.53. The van der Waals surface area contributed by atoms with E-state index in [0.717, 1.165) is 31.6 Å². The van der Waals surface area contributed by atoms with E-state index in [9.17, 15) is 5.11 Å². The minimum atomic E-state index is -0.405. The summed E-state index contributed by atoms with van der Waals surface area (Å²) in [5.74, 6) is 0. The lowest BCUT2D eigenvalue weighted by Gasteiger charge is -2.32. The van der Waals surface area contributed by atoms with Gasteiger partial charge in [0, 0.05) is 25.8 Å². The number of aliphatic hydroxyl groups is 1. The van der Waals surface area contributed by atoms with Crippen LogP contribution in [-0.2, 0) is 4.74 Å². The van der Waals surface area contributed by atoms with Crippen LogP contribution in [0, 0.1) is 6.92 Å². The predicted octanol–water partition coefficient (Wildman–Crippen LogP) is 2.14. The SMILES string of the molecule is Cc1cccc(C(O)CN(C)C2CCOCC2)c1. The summed E-state index contributed by atoms with van der Waals surface area (Å²) in [5, 5.41) is 10.3. The third kappa shape index (κ3) is 3.55. The Hall–Kier alpha value is -0.900. The van der Waals surface area contributed by atoms with Gasteiger partial charge in [0.25, 0.3) is 0 Å². The maximum atomic E-state index is 10.3. The van der Waals surface area contributed by atoms with Gasteiger partial charge in [-0.05, 0) is 32.4 Å². The molecule has 1 aliphatic heterocycles. The molecule has 0 spiro atoms. The summed E-state index contributed by atoms with van der Waals surface area (Å²) in [4.78, 5) is 2.26. The number of aryl methyl sites for hydroxylation is 1. The second-order valence-electron chi connectivity index (χ2n) is 5.21. The summed E-state index contributed by atoms with van der Waals surface area (Å²) >= 11 is 0. The molecule has 1 N–H and O–H groups in total. The zero-order valence-electron chi connectivity index (χ0n) is 11.3. The molecular formula is C15H23NO2. The molecule has 1 aliphatic rings. The summed E-state index contributed by atoms with van der Waals surface area (Å²) in [7, 11) is 2.09. The Balaban J connectivity index is 1.91. The number of likely N-dealkylation sites (N-methyl/N-ethyl adjacent to an activating group) is 1. The molecule has 1 saturated heterocycles. The van der Waals surface area contributed by atoms with Gasteiger partial charge in [-0.25, -0.2) is 0 Å². The number of hydrogen-bond acceptors (Lipinski definition) is 3. The van der Waals surface area contributed by atoms with Gasteiger partial charge in [-0.15, -0.1) is 0 Å². The maximum absolute atomic E-state index is 10.3. The molecule has 2 rings (SSSR count). The highest BCUT2D eigenvalue weighted by Crippen LogP contribution is 2.19. The van der Waals surface area contributed by atoms with Gasteiger partial charge in [0.1, 0.15) is 0 Å². The van der Waals surface area contributed by atoms with Gasteiger partial charge in [0.05, 0.1) is 6.10 Å². The van der Waals surface area contributed by atoms with Gasteiger partial charge in [-0.3, -0.25) is 0 Å². The Morgan fingerprint density at radius 1 is 1.39 bits per heavy atom. The van der Waals surface area contributed by atoms with E-state index in [2.05, 4.69) is 31.0 Å². The van der Waals surface area contributed by atoms with E-state index >= 15 is 0 Å². The van der Waals surface area contributed by atoms with Crippen LogP contribution >= 0.6 is 0 Å². The molecule has 0 radical (unpaired) electrons. The van der Waals surface area contributed by atoms with Gasteiger partial charge in [-0.2, -0.15) is 0 Å². The summed E-state index contributed by atoms with van der Waals surface area (Å²) in [6.07, 6.45) is 1.73. The first-order chi connectivity index (χ1) is 8.66. The van der Waals surface area contributed by atoms with E-state index in [0.29, 0.717) is 12.6 Å². The largest absolute Gasteiger partial charge is 0.387 e. The molecule has 1 unspecified atom stereocenters. The number of rotatable bonds is 4. The molecule has 0 bridgehead atoms. The molecule has 0 aliphatic carbocycles. The molecule has 18 heavy (non-hydrogen) atoms. The van der Waals surface area contributed by atoms with Crippen LogP contribution in [0.25, 0.3) is 0 Å². The van der Waals surface area contributed by atoms with Crippen LogP contribution in [0.15, 0.2) is 24.3 Å². The van der Waals surface area contributed by atoms with Crippen LogP contribution in [0.2, 0.25) is 0 Å². The zero-order valence-corrected chi connectivity index (χ0v) is 11.3. The van der Waals surface area contributed by atoms with Crippen LogP contribution in [0.4, 0.5) is 0 Å². The standard InChI is InChI=1S/C15H23NO2/c1-12-4-3-5-13(10-12)15(17)11-16(2)14-6-8-18-9-7-14/h3-5,10,14-15,17H,6-9,11H2,1-2H3. The normalized spacial score (nSPS) is 19.1. The van der Waals surface area contributed by atoms with Gasteiger partial charge >= 0.3 is 0 Å². The van der Waals surface area contributed by atoms with Crippen molar-refractivity contribution in [3.8, 4) is 0 Å². The molecule has 0 aromatic heterocycles. The van der Waals surface area contributed by atoms with Crippen molar-refractivity contribution in [2.75, 3.05) is 26.8 Å². The highest BCUT2D eigenvalue weighted by molar-refractivity contribution is 5.24. The molecule has 0 saturated carbocycles. The van der Waals surface area contributed by atoms with E-state index in [1.54, 1.807) is 0 Å². The number of hydrogen-bond donors (Lipinski definition) is 1. The van der Waals surface area contributed by atoms with Gasteiger partial charge in [0.2, 0.25) is 0 Å². The minimum absolute atomic E-state index is 0.405. The van der Waals surface area contributed by atoms with E-state index in [-0.39, 0.29) is 0 Å². The Kier molecular flexibility index (Phi) is 4.75.